The van der Waals surface area contributed by atoms with E-state index in [0.29, 0.717) is 30.8 Å². The number of nitrogens with zero attached hydrogens (tertiary/aromatic N) is 1. The molecule has 1 saturated heterocycles. The molecule has 1 fully saturated rings. The lowest BCUT2D eigenvalue weighted by atomic mass is 10.1. The average Bonchev–Trinajstić information content (AvgIpc) is 3.18. The van der Waals surface area contributed by atoms with E-state index in [1.165, 1.54) is 4.31 Å². The minimum absolute atomic E-state index is 0.0481. The van der Waals surface area contributed by atoms with Crippen LogP contribution in [0.2, 0.25) is 0 Å². The molecule has 26 heavy (non-hydrogen) atoms. The molecular formula is C20H24N2O3S. The minimum Gasteiger partial charge on any atom is -0.326 e. The van der Waals surface area contributed by atoms with Gasteiger partial charge in [0.2, 0.25) is 15.9 Å². The molecule has 0 aliphatic carbocycles. The Bertz CT molecular complexity index is 870. The summed E-state index contributed by atoms with van der Waals surface area (Å²) in [4.78, 5) is 12.5. The molecule has 1 heterocycles. The molecule has 138 valence electrons. The fourth-order valence-electron chi connectivity index (χ4n) is 3.09. The maximum Gasteiger partial charge on any atom is 0.243 e. The molecular weight excluding hydrogens is 348 g/mol. The van der Waals surface area contributed by atoms with Gasteiger partial charge in [0.05, 0.1) is 4.90 Å². The second kappa shape index (κ2) is 8.01. The van der Waals surface area contributed by atoms with Gasteiger partial charge in [-0.25, -0.2) is 8.42 Å². The Morgan fingerprint density at radius 3 is 2.35 bits per heavy atom. The number of sulfonamides is 1. The molecule has 5 nitrogen and oxygen atoms in total. The van der Waals surface area contributed by atoms with Gasteiger partial charge in [0, 0.05) is 25.2 Å². The zero-order chi connectivity index (χ0) is 18.6. The van der Waals surface area contributed by atoms with Gasteiger partial charge in [0.25, 0.3) is 0 Å². The van der Waals surface area contributed by atoms with Crippen LogP contribution >= 0.6 is 0 Å². The van der Waals surface area contributed by atoms with Crippen LogP contribution in [-0.4, -0.2) is 31.7 Å². The third-order valence-electron chi connectivity index (χ3n) is 4.69. The highest BCUT2D eigenvalue weighted by Crippen LogP contribution is 2.21. The van der Waals surface area contributed by atoms with Crippen LogP contribution in [0.5, 0.6) is 0 Å². The maximum absolute atomic E-state index is 12.5. The summed E-state index contributed by atoms with van der Waals surface area (Å²) in [6.07, 6.45) is 2.77. The summed E-state index contributed by atoms with van der Waals surface area (Å²) in [6, 6.07) is 14.5. The molecule has 2 aromatic carbocycles. The number of hydrogen-bond acceptors (Lipinski definition) is 3. The highest BCUT2D eigenvalue weighted by molar-refractivity contribution is 7.89. The number of benzene rings is 2. The molecule has 0 saturated carbocycles. The molecule has 0 unspecified atom stereocenters. The standard InChI is InChI=1S/C20H24N2O3S/c1-16-6-2-3-7-19(16)21-20(23)13-10-17-8-11-18(12-9-17)26(24,25)22-14-4-5-15-22/h2-3,6-9,11-12H,4-5,10,13-15H2,1H3,(H,21,23). The van der Waals surface area contributed by atoms with E-state index in [1.54, 1.807) is 24.3 Å². The molecule has 3 rings (SSSR count). The van der Waals surface area contributed by atoms with E-state index in [4.69, 9.17) is 0 Å². The first-order valence-electron chi connectivity index (χ1n) is 8.91. The third-order valence-corrected chi connectivity index (χ3v) is 6.60. The Kier molecular flexibility index (Phi) is 5.74. The summed E-state index contributed by atoms with van der Waals surface area (Å²) < 4.78 is 26.6. The van der Waals surface area contributed by atoms with Crippen LogP contribution in [0.3, 0.4) is 0 Å². The Balaban J connectivity index is 1.57. The fourth-order valence-corrected chi connectivity index (χ4v) is 4.61. The van der Waals surface area contributed by atoms with E-state index in [0.717, 1.165) is 29.7 Å². The largest absolute Gasteiger partial charge is 0.326 e. The number of anilines is 1. The second-order valence-electron chi connectivity index (χ2n) is 6.62. The van der Waals surface area contributed by atoms with Crippen LogP contribution in [0.1, 0.15) is 30.4 Å². The summed E-state index contributed by atoms with van der Waals surface area (Å²) in [6.45, 7) is 3.15. The maximum atomic E-state index is 12.5. The van der Waals surface area contributed by atoms with Gasteiger partial charge in [-0.05, 0) is 55.5 Å². The van der Waals surface area contributed by atoms with E-state index in [-0.39, 0.29) is 5.91 Å². The first-order chi connectivity index (χ1) is 12.5. The minimum atomic E-state index is -3.38. The first kappa shape index (κ1) is 18.6. The number of aryl methyl sites for hydroxylation is 2. The quantitative estimate of drug-likeness (QED) is 0.846. The van der Waals surface area contributed by atoms with Crippen molar-refractivity contribution in [3.63, 3.8) is 0 Å². The Morgan fingerprint density at radius 1 is 1.04 bits per heavy atom. The molecule has 0 spiro atoms. The molecule has 1 aliphatic heterocycles. The summed E-state index contributed by atoms with van der Waals surface area (Å²) in [7, 11) is -3.38. The molecule has 6 heteroatoms. The molecule has 1 amide bonds. The van der Waals surface area contributed by atoms with Crippen molar-refractivity contribution in [2.75, 3.05) is 18.4 Å². The Labute approximate surface area is 155 Å². The topological polar surface area (TPSA) is 66.5 Å². The molecule has 2 aromatic rings. The molecule has 1 aliphatic rings. The number of nitrogens with one attached hydrogen (secondary N) is 1. The third kappa shape index (κ3) is 4.31. The lowest BCUT2D eigenvalue weighted by molar-refractivity contribution is -0.116. The van der Waals surface area contributed by atoms with Crippen molar-refractivity contribution < 1.29 is 13.2 Å². The van der Waals surface area contributed by atoms with Crippen molar-refractivity contribution in [1.29, 1.82) is 0 Å². The predicted molar refractivity (Wildman–Crippen MR) is 103 cm³/mol. The van der Waals surface area contributed by atoms with Gasteiger partial charge < -0.3 is 5.32 Å². The second-order valence-corrected chi connectivity index (χ2v) is 8.56. The van der Waals surface area contributed by atoms with Crippen molar-refractivity contribution in [2.45, 2.75) is 37.5 Å². The lowest BCUT2D eigenvalue weighted by Gasteiger charge is -2.15. The van der Waals surface area contributed by atoms with Gasteiger partial charge in [-0.1, -0.05) is 30.3 Å². The molecule has 0 aromatic heterocycles. The van der Waals surface area contributed by atoms with Gasteiger partial charge in [0.1, 0.15) is 0 Å². The number of hydrogen-bond donors (Lipinski definition) is 1. The van der Waals surface area contributed by atoms with Gasteiger partial charge in [-0.2, -0.15) is 4.31 Å². The van der Waals surface area contributed by atoms with Crippen molar-refractivity contribution in [3.05, 3.63) is 59.7 Å². The number of carbonyl (C=O) groups is 1. The van der Waals surface area contributed by atoms with Crippen molar-refractivity contribution in [2.24, 2.45) is 0 Å². The highest BCUT2D eigenvalue weighted by atomic mass is 32.2. The summed E-state index contributed by atoms with van der Waals surface area (Å²) in [5.41, 5.74) is 2.80. The normalized spacial score (nSPS) is 15.1. The number of amides is 1. The lowest BCUT2D eigenvalue weighted by Crippen LogP contribution is -2.27. The SMILES string of the molecule is Cc1ccccc1NC(=O)CCc1ccc(S(=O)(=O)N2CCCC2)cc1. The van der Waals surface area contributed by atoms with Crippen LogP contribution in [0.25, 0.3) is 0 Å². The summed E-state index contributed by atoms with van der Waals surface area (Å²) in [5.74, 6) is -0.0481. The van der Waals surface area contributed by atoms with Crippen LogP contribution < -0.4 is 5.32 Å². The zero-order valence-electron chi connectivity index (χ0n) is 14.9. The number of rotatable bonds is 6. The van der Waals surface area contributed by atoms with Gasteiger partial charge in [-0.15, -0.1) is 0 Å². The van der Waals surface area contributed by atoms with Crippen LogP contribution in [0.15, 0.2) is 53.4 Å². The average molecular weight is 372 g/mol. The van der Waals surface area contributed by atoms with Gasteiger partial charge in [0.15, 0.2) is 0 Å². The smallest absolute Gasteiger partial charge is 0.243 e. The van der Waals surface area contributed by atoms with Crippen molar-refractivity contribution in [1.82, 2.24) is 4.31 Å². The molecule has 0 bridgehead atoms. The summed E-state index contributed by atoms with van der Waals surface area (Å²) >= 11 is 0. The Morgan fingerprint density at radius 2 is 1.69 bits per heavy atom. The summed E-state index contributed by atoms with van der Waals surface area (Å²) in [5, 5.41) is 2.91. The molecule has 1 N–H and O–H groups in total. The van der Waals surface area contributed by atoms with Crippen molar-refractivity contribution in [3.8, 4) is 0 Å². The zero-order valence-corrected chi connectivity index (χ0v) is 15.8. The van der Waals surface area contributed by atoms with Crippen LogP contribution in [0.4, 0.5) is 5.69 Å². The fraction of sp³-hybridized carbons (Fsp3) is 0.350. The molecule has 0 radical (unpaired) electrons. The van der Waals surface area contributed by atoms with Crippen LogP contribution in [-0.2, 0) is 21.2 Å². The number of carbonyl (C=O) groups excluding carboxylic acids is 1. The van der Waals surface area contributed by atoms with Crippen LogP contribution in [0, 0.1) is 6.92 Å². The van der Waals surface area contributed by atoms with E-state index < -0.39 is 10.0 Å². The first-order valence-corrected chi connectivity index (χ1v) is 10.4. The Hall–Kier alpha value is -2.18. The van der Waals surface area contributed by atoms with E-state index >= 15 is 0 Å². The number of para-hydroxylation sites is 1. The molecule has 0 atom stereocenters. The monoisotopic (exact) mass is 372 g/mol. The van der Waals surface area contributed by atoms with Crippen molar-refractivity contribution >= 4 is 21.6 Å². The van der Waals surface area contributed by atoms with Gasteiger partial charge in [-0.3, -0.25) is 4.79 Å². The predicted octanol–water partition coefficient (Wildman–Crippen LogP) is 3.35. The van der Waals surface area contributed by atoms with Gasteiger partial charge >= 0.3 is 0 Å². The van der Waals surface area contributed by atoms with E-state index in [9.17, 15) is 13.2 Å². The van der Waals surface area contributed by atoms with E-state index in [1.807, 2.05) is 31.2 Å². The highest BCUT2D eigenvalue weighted by Gasteiger charge is 2.26. The van der Waals surface area contributed by atoms with E-state index in [2.05, 4.69) is 5.32 Å².